The average Bonchev–Trinajstić information content (AvgIpc) is 2.71. The Kier molecular flexibility index (Phi) is 6.33. The average molecular weight is 414 g/mol. The van der Waals surface area contributed by atoms with Crippen molar-refractivity contribution in [1.29, 1.82) is 5.26 Å². The highest BCUT2D eigenvalue weighted by atomic mass is 32.2. The van der Waals surface area contributed by atoms with Gasteiger partial charge in [0.05, 0.1) is 34.3 Å². The van der Waals surface area contributed by atoms with Gasteiger partial charge in [0.25, 0.3) is 0 Å². The number of esters is 1. The number of carbonyl (C=O) groups excluding carboxylic acids is 1. The number of hydrogen-bond donors (Lipinski definition) is 0. The minimum absolute atomic E-state index is 0.0330. The largest absolute Gasteiger partial charge is 0.457 e. The SMILES string of the molecule is C[C@@H]1CN(S(=O)(=O)c2cccc(C(=O)OCc3ccccc3C#N)c2)C[C@H](C)O1. The first-order valence-electron chi connectivity index (χ1n) is 9.22. The van der Waals surface area contributed by atoms with E-state index in [0.29, 0.717) is 11.1 Å². The summed E-state index contributed by atoms with van der Waals surface area (Å²) in [5.41, 5.74) is 1.14. The molecule has 2 aromatic carbocycles. The second-order valence-corrected chi connectivity index (χ2v) is 8.89. The lowest BCUT2D eigenvalue weighted by Crippen LogP contribution is -2.48. The molecular weight excluding hydrogens is 392 g/mol. The predicted octanol–water partition coefficient (Wildman–Crippen LogP) is 2.71. The summed E-state index contributed by atoms with van der Waals surface area (Å²) in [4.78, 5) is 12.5. The molecule has 0 bridgehead atoms. The maximum Gasteiger partial charge on any atom is 0.338 e. The summed E-state index contributed by atoms with van der Waals surface area (Å²) in [5.74, 6) is -0.654. The first-order valence-corrected chi connectivity index (χ1v) is 10.7. The van der Waals surface area contributed by atoms with Crippen LogP contribution in [0.4, 0.5) is 0 Å². The molecule has 0 aliphatic carbocycles. The zero-order valence-corrected chi connectivity index (χ0v) is 17.1. The van der Waals surface area contributed by atoms with Gasteiger partial charge in [0.1, 0.15) is 6.61 Å². The smallest absolute Gasteiger partial charge is 0.338 e. The van der Waals surface area contributed by atoms with Crippen LogP contribution in [0.2, 0.25) is 0 Å². The van der Waals surface area contributed by atoms with Crippen LogP contribution in [0.1, 0.15) is 35.3 Å². The molecule has 8 heteroatoms. The molecule has 1 fully saturated rings. The molecule has 0 saturated carbocycles. The summed E-state index contributed by atoms with van der Waals surface area (Å²) in [7, 11) is -3.76. The fraction of sp³-hybridized carbons (Fsp3) is 0.333. The zero-order valence-electron chi connectivity index (χ0n) is 16.2. The van der Waals surface area contributed by atoms with Gasteiger partial charge in [-0.25, -0.2) is 13.2 Å². The molecule has 2 aromatic rings. The Hall–Kier alpha value is -2.73. The number of nitrogens with zero attached hydrogens (tertiary/aromatic N) is 2. The van der Waals surface area contributed by atoms with Crippen molar-refractivity contribution >= 4 is 16.0 Å². The summed E-state index contributed by atoms with van der Waals surface area (Å²) in [5, 5.41) is 9.12. The molecule has 0 radical (unpaired) electrons. The van der Waals surface area contributed by atoms with Crippen molar-refractivity contribution in [2.45, 2.75) is 37.6 Å². The fourth-order valence-electron chi connectivity index (χ4n) is 3.24. The molecule has 1 saturated heterocycles. The topological polar surface area (TPSA) is 96.7 Å². The highest BCUT2D eigenvalue weighted by Gasteiger charge is 2.32. The number of rotatable bonds is 5. The van der Waals surface area contributed by atoms with E-state index in [1.165, 1.54) is 28.6 Å². The number of hydrogen-bond acceptors (Lipinski definition) is 6. The summed E-state index contributed by atoms with van der Waals surface area (Å²) in [6.07, 6.45) is -0.413. The monoisotopic (exact) mass is 414 g/mol. The lowest BCUT2D eigenvalue weighted by Gasteiger charge is -2.34. The summed E-state index contributed by atoms with van der Waals surface area (Å²) >= 11 is 0. The van der Waals surface area contributed by atoms with Crippen LogP contribution >= 0.6 is 0 Å². The van der Waals surface area contributed by atoms with E-state index in [1.807, 2.05) is 19.9 Å². The van der Waals surface area contributed by atoms with Gasteiger partial charge in [-0.05, 0) is 38.1 Å². The Balaban J connectivity index is 1.76. The van der Waals surface area contributed by atoms with Gasteiger partial charge in [-0.1, -0.05) is 24.3 Å². The number of carbonyl (C=O) groups is 1. The molecule has 7 nitrogen and oxygen atoms in total. The molecule has 0 aromatic heterocycles. The summed E-state index contributed by atoms with van der Waals surface area (Å²) < 4.78 is 38.3. The lowest BCUT2D eigenvalue weighted by molar-refractivity contribution is -0.0440. The van der Waals surface area contributed by atoms with Crippen LogP contribution < -0.4 is 0 Å². The van der Waals surface area contributed by atoms with E-state index in [4.69, 9.17) is 14.7 Å². The Bertz CT molecular complexity index is 1040. The third kappa shape index (κ3) is 4.82. The third-order valence-electron chi connectivity index (χ3n) is 4.59. The maximum atomic E-state index is 13.0. The summed E-state index contributed by atoms with van der Waals surface area (Å²) in [6.45, 7) is 4.09. The van der Waals surface area contributed by atoms with Crippen molar-refractivity contribution in [3.63, 3.8) is 0 Å². The van der Waals surface area contributed by atoms with Crippen molar-refractivity contribution in [3.8, 4) is 6.07 Å². The molecule has 0 spiro atoms. The molecule has 1 aliphatic heterocycles. The Morgan fingerprint density at radius 2 is 1.86 bits per heavy atom. The quantitative estimate of drug-likeness (QED) is 0.698. The van der Waals surface area contributed by atoms with Gasteiger partial charge < -0.3 is 9.47 Å². The first kappa shape index (κ1) is 21.0. The highest BCUT2D eigenvalue weighted by Crippen LogP contribution is 2.22. The zero-order chi connectivity index (χ0) is 21.0. The van der Waals surface area contributed by atoms with E-state index in [-0.39, 0.29) is 42.4 Å². The van der Waals surface area contributed by atoms with Crippen molar-refractivity contribution < 1.29 is 22.7 Å². The van der Waals surface area contributed by atoms with E-state index in [1.54, 1.807) is 24.3 Å². The van der Waals surface area contributed by atoms with Gasteiger partial charge in [-0.15, -0.1) is 0 Å². The number of morpholine rings is 1. The first-order chi connectivity index (χ1) is 13.8. The van der Waals surface area contributed by atoms with E-state index >= 15 is 0 Å². The van der Waals surface area contributed by atoms with Crippen LogP contribution in [0, 0.1) is 11.3 Å². The van der Waals surface area contributed by atoms with Crippen LogP contribution in [0.3, 0.4) is 0 Å². The molecule has 1 aliphatic rings. The Morgan fingerprint density at radius 3 is 2.55 bits per heavy atom. The fourth-order valence-corrected chi connectivity index (χ4v) is 4.88. The van der Waals surface area contributed by atoms with Crippen molar-refractivity contribution in [1.82, 2.24) is 4.31 Å². The number of sulfonamides is 1. The van der Waals surface area contributed by atoms with Crippen LogP contribution in [0.5, 0.6) is 0 Å². The Morgan fingerprint density at radius 1 is 1.17 bits per heavy atom. The molecular formula is C21H22N2O5S. The van der Waals surface area contributed by atoms with Crippen molar-refractivity contribution in [2.24, 2.45) is 0 Å². The molecule has 3 rings (SSSR count). The molecule has 152 valence electrons. The van der Waals surface area contributed by atoms with Gasteiger partial charge >= 0.3 is 5.97 Å². The Labute approximate surface area is 170 Å². The molecule has 0 N–H and O–H groups in total. The molecule has 0 unspecified atom stereocenters. The van der Waals surface area contributed by atoms with Crippen molar-refractivity contribution in [3.05, 3.63) is 65.2 Å². The van der Waals surface area contributed by atoms with E-state index in [0.717, 1.165) is 0 Å². The predicted molar refractivity (Wildman–Crippen MR) is 105 cm³/mol. The summed E-state index contributed by atoms with van der Waals surface area (Å²) in [6, 6.07) is 14.7. The normalized spacial score (nSPS) is 20.0. The van der Waals surface area contributed by atoms with Gasteiger partial charge in [0.15, 0.2) is 0 Å². The minimum atomic E-state index is -3.76. The minimum Gasteiger partial charge on any atom is -0.457 e. The van der Waals surface area contributed by atoms with Crippen LogP contribution in [0.15, 0.2) is 53.4 Å². The lowest BCUT2D eigenvalue weighted by atomic mass is 10.1. The van der Waals surface area contributed by atoms with E-state index < -0.39 is 16.0 Å². The van der Waals surface area contributed by atoms with Gasteiger partial charge in [0, 0.05) is 18.7 Å². The maximum absolute atomic E-state index is 13.0. The molecule has 29 heavy (non-hydrogen) atoms. The van der Waals surface area contributed by atoms with Gasteiger partial charge in [0.2, 0.25) is 10.0 Å². The standard InChI is InChI=1S/C21H22N2O5S/c1-15-12-23(13-16(2)28-15)29(25,26)20-9-5-8-17(10-20)21(24)27-14-19-7-4-3-6-18(19)11-22/h3-10,15-16H,12-14H2,1-2H3/t15-,16+. The number of nitriles is 1. The molecule has 1 heterocycles. The van der Waals surface area contributed by atoms with Crippen LogP contribution in [-0.2, 0) is 26.1 Å². The van der Waals surface area contributed by atoms with E-state index in [9.17, 15) is 13.2 Å². The van der Waals surface area contributed by atoms with Crippen LogP contribution in [-0.4, -0.2) is 44.0 Å². The highest BCUT2D eigenvalue weighted by molar-refractivity contribution is 7.89. The molecule has 2 atom stereocenters. The van der Waals surface area contributed by atoms with Crippen LogP contribution in [0.25, 0.3) is 0 Å². The second kappa shape index (κ2) is 8.74. The third-order valence-corrected chi connectivity index (χ3v) is 6.42. The van der Waals surface area contributed by atoms with Gasteiger partial charge in [-0.2, -0.15) is 9.57 Å². The number of benzene rings is 2. The second-order valence-electron chi connectivity index (χ2n) is 6.95. The van der Waals surface area contributed by atoms with Gasteiger partial charge in [-0.3, -0.25) is 0 Å². The molecule has 0 amide bonds. The number of ether oxygens (including phenoxy) is 2. The van der Waals surface area contributed by atoms with Crippen molar-refractivity contribution in [2.75, 3.05) is 13.1 Å². The van der Waals surface area contributed by atoms with E-state index in [2.05, 4.69) is 0 Å².